The zero-order valence-electron chi connectivity index (χ0n) is 12.4. The molecule has 0 spiro atoms. The predicted molar refractivity (Wildman–Crippen MR) is 78.0 cm³/mol. The molecular weight excluding hydrogens is 236 g/mol. The standard InChI is InChI=1S/C16H24N2O/c1-5-14-8-13(6-7-16(14)19-4)10-18-11-15(9-17)12(2)3/h6-8,12,15,18H,5,10-11H2,1-4H3. The lowest BCUT2D eigenvalue weighted by molar-refractivity contribution is 0.409. The Kier molecular flexibility index (Phi) is 6.38. The molecule has 3 nitrogen and oxygen atoms in total. The first-order valence-electron chi connectivity index (χ1n) is 6.88. The molecule has 0 saturated heterocycles. The van der Waals surface area contributed by atoms with Crippen molar-refractivity contribution >= 4 is 0 Å². The van der Waals surface area contributed by atoms with Crippen LogP contribution in [0.5, 0.6) is 5.75 Å². The molecule has 0 fully saturated rings. The van der Waals surface area contributed by atoms with Crippen LogP contribution in [-0.2, 0) is 13.0 Å². The summed E-state index contributed by atoms with van der Waals surface area (Å²) in [6.45, 7) is 7.82. The minimum Gasteiger partial charge on any atom is -0.496 e. The van der Waals surface area contributed by atoms with Gasteiger partial charge >= 0.3 is 0 Å². The van der Waals surface area contributed by atoms with Crippen molar-refractivity contribution in [1.29, 1.82) is 5.26 Å². The van der Waals surface area contributed by atoms with Crippen molar-refractivity contribution in [1.82, 2.24) is 5.32 Å². The minimum atomic E-state index is 0.0730. The van der Waals surface area contributed by atoms with Crippen molar-refractivity contribution in [2.75, 3.05) is 13.7 Å². The van der Waals surface area contributed by atoms with Gasteiger partial charge in [0.15, 0.2) is 0 Å². The first-order chi connectivity index (χ1) is 9.12. The Balaban J connectivity index is 2.57. The Morgan fingerprint density at radius 3 is 2.63 bits per heavy atom. The molecule has 0 radical (unpaired) electrons. The number of ether oxygens (including phenoxy) is 1. The van der Waals surface area contributed by atoms with Gasteiger partial charge in [-0.25, -0.2) is 0 Å². The third-order valence-electron chi connectivity index (χ3n) is 3.39. The lowest BCUT2D eigenvalue weighted by Crippen LogP contribution is -2.24. The first-order valence-corrected chi connectivity index (χ1v) is 6.88. The Hall–Kier alpha value is -1.53. The van der Waals surface area contributed by atoms with Gasteiger partial charge in [0.2, 0.25) is 0 Å². The molecule has 1 aromatic carbocycles. The molecule has 1 atom stereocenters. The summed E-state index contributed by atoms with van der Waals surface area (Å²) in [5.41, 5.74) is 2.46. The average molecular weight is 260 g/mol. The van der Waals surface area contributed by atoms with E-state index in [0.717, 1.165) is 25.3 Å². The predicted octanol–water partition coefficient (Wildman–Crippen LogP) is 3.14. The van der Waals surface area contributed by atoms with Crippen LogP contribution in [0.2, 0.25) is 0 Å². The SMILES string of the molecule is CCc1cc(CNCC(C#N)C(C)C)ccc1OC. The lowest BCUT2D eigenvalue weighted by Gasteiger charge is -2.14. The molecule has 3 heteroatoms. The molecule has 1 N–H and O–H groups in total. The van der Waals surface area contributed by atoms with Crippen LogP contribution in [0.4, 0.5) is 0 Å². The van der Waals surface area contributed by atoms with E-state index in [9.17, 15) is 0 Å². The van der Waals surface area contributed by atoms with E-state index in [2.05, 4.69) is 44.3 Å². The fourth-order valence-corrected chi connectivity index (χ4v) is 2.02. The van der Waals surface area contributed by atoms with Gasteiger partial charge in [0.05, 0.1) is 19.1 Å². The van der Waals surface area contributed by atoms with Gasteiger partial charge in [-0.15, -0.1) is 0 Å². The number of hydrogen-bond acceptors (Lipinski definition) is 3. The van der Waals surface area contributed by atoms with Gasteiger partial charge in [-0.3, -0.25) is 0 Å². The molecular formula is C16H24N2O. The molecule has 0 aromatic heterocycles. The van der Waals surface area contributed by atoms with Crippen LogP contribution in [-0.4, -0.2) is 13.7 Å². The third kappa shape index (κ3) is 4.57. The molecule has 0 bridgehead atoms. The van der Waals surface area contributed by atoms with Gasteiger partial charge in [-0.05, 0) is 29.5 Å². The van der Waals surface area contributed by atoms with Crippen LogP contribution < -0.4 is 10.1 Å². The Morgan fingerprint density at radius 1 is 1.37 bits per heavy atom. The fourth-order valence-electron chi connectivity index (χ4n) is 2.02. The maximum atomic E-state index is 9.04. The van der Waals surface area contributed by atoms with Crippen LogP contribution in [0.15, 0.2) is 18.2 Å². The zero-order chi connectivity index (χ0) is 14.3. The van der Waals surface area contributed by atoms with Crippen molar-refractivity contribution in [3.63, 3.8) is 0 Å². The van der Waals surface area contributed by atoms with Crippen molar-refractivity contribution < 1.29 is 4.74 Å². The second-order valence-corrected chi connectivity index (χ2v) is 5.11. The molecule has 0 amide bonds. The highest BCUT2D eigenvalue weighted by molar-refractivity contribution is 5.37. The summed E-state index contributed by atoms with van der Waals surface area (Å²) in [4.78, 5) is 0. The molecule has 0 saturated carbocycles. The quantitative estimate of drug-likeness (QED) is 0.819. The number of aryl methyl sites for hydroxylation is 1. The van der Waals surface area contributed by atoms with Crippen LogP contribution in [0.3, 0.4) is 0 Å². The highest BCUT2D eigenvalue weighted by Gasteiger charge is 2.11. The zero-order valence-corrected chi connectivity index (χ0v) is 12.4. The normalized spacial score (nSPS) is 12.2. The van der Waals surface area contributed by atoms with Crippen molar-refractivity contribution in [2.24, 2.45) is 11.8 Å². The molecule has 0 aliphatic heterocycles. The maximum absolute atomic E-state index is 9.04. The van der Waals surface area contributed by atoms with Gasteiger partial charge in [-0.2, -0.15) is 5.26 Å². The van der Waals surface area contributed by atoms with Crippen LogP contribution >= 0.6 is 0 Å². The van der Waals surface area contributed by atoms with E-state index in [1.807, 2.05) is 6.07 Å². The number of nitriles is 1. The Labute approximate surface area is 116 Å². The summed E-state index contributed by atoms with van der Waals surface area (Å²) < 4.78 is 5.32. The number of nitrogens with zero attached hydrogens (tertiary/aromatic N) is 1. The largest absolute Gasteiger partial charge is 0.496 e. The van der Waals surface area contributed by atoms with E-state index in [1.54, 1.807) is 7.11 Å². The van der Waals surface area contributed by atoms with E-state index in [1.165, 1.54) is 11.1 Å². The Bertz CT molecular complexity index is 435. The lowest BCUT2D eigenvalue weighted by atomic mass is 9.97. The summed E-state index contributed by atoms with van der Waals surface area (Å²) in [5, 5.41) is 12.4. The van der Waals surface area contributed by atoms with E-state index >= 15 is 0 Å². The van der Waals surface area contributed by atoms with Gasteiger partial charge in [0, 0.05) is 13.1 Å². The molecule has 19 heavy (non-hydrogen) atoms. The monoisotopic (exact) mass is 260 g/mol. The highest BCUT2D eigenvalue weighted by Crippen LogP contribution is 2.20. The topological polar surface area (TPSA) is 45.0 Å². The van der Waals surface area contributed by atoms with Gasteiger partial charge in [0.1, 0.15) is 5.75 Å². The summed E-state index contributed by atoms with van der Waals surface area (Å²) in [7, 11) is 1.70. The Morgan fingerprint density at radius 2 is 2.11 bits per heavy atom. The minimum absolute atomic E-state index is 0.0730. The second kappa shape index (κ2) is 7.81. The molecule has 0 heterocycles. The molecule has 0 aliphatic carbocycles. The summed E-state index contributed by atoms with van der Waals surface area (Å²) in [6, 6.07) is 8.60. The van der Waals surface area contributed by atoms with E-state index in [4.69, 9.17) is 10.00 Å². The van der Waals surface area contributed by atoms with Gasteiger partial charge < -0.3 is 10.1 Å². The molecule has 1 aromatic rings. The smallest absolute Gasteiger partial charge is 0.122 e. The number of rotatable bonds is 7. The summed E-state index contributed by atoms with van der Waals surface area (Å²) in [6.07, 6.45) is 0.962. The average Bonchev–Trinajstić information content (AvgIpc) is 2.42. The third-order valence-corrected chi connectivity index (χ3v) is 3.39. The van der Waals surface area contributed by atoms with Crippen molar-refractivity contribution in [2.45, 2.75) is 33.7 Å². The number of nitrogens with one attached hydrogen (secondary N) is 1. The van der Waals surface area contributed by atoms with E-state index in [0.29, 0.717) is 5.92 Å². The maximum Gasteiger partial charge on any atom is 0.122 e. The van der Waals surface area contributed by atoms with Crippen LogP contribution in [0.25, 0.3) is 0 Å². The number of hydrogen-bond donors (Lipinski definition) is 1. The van der Waals surface area contributed by atoms with Crippen LogP contribution in [0, 0.1) is 23.2 Å². The van der Waals surface area contributed by atoms with Crippen molar-refractivity contribution in [3.8, 4) is 11.8 Å². The number of methoxy groups -OCH3 is 1. The molecule has 1 rings (SSSR count). The van der Waals surface area contributed by atoms with Gasteiger partial charge in [0.25, 0.3) is 0 Å². The highest BCUT2D eigenvalue weighted by atomic mass is 16.5. The molecule has 1 unspecified atom stereocenters. The molecule has 104 valence electrons. The number of benzene rings is 1. The fraction of sp³-hybridized carbons (Fsp3) is 0.562. The van der Waals surface area contributed by atoms with E-state index < -0.39 is 0 Å². The molecule has 0 aliphatic rings. The summed E-state index contributed by atoms with van der Waals surface area (Å²) in [5.74, 6) is 1.41. The second-order valence-electron chi connectivity index (χ2n) is 5.11. The summed E-state index contributed by atoms with van der Waals surface area (Å²) >= 11 is 0. The first kappa shape index (κ1) is 15.5. The van der Waals surface area contributed by atoms with Gasteiger partial charge in [-0.1, -0.05) is 32.9 Å². The van der Waals surface area contributed by atoms with Crippen molar-refractivity contribution in [3.05, 3.63) is 29.3 Å². The van der Waals surface area contributed by atoms with Crippen LogP contribution in [0.1, 0.15) is 31.9 Å². The van der Waals surface area contributed by atoms with E-state index in [-0.39, 0.29) is 5.92 Å².